The van der Waals surface area contributed by atoms with Gasteiger partial charge < -0.3 is 10.0 Å². The highest BCUT2D eigenvalue weighted by Gasteiger charge is 2.48. The summed E-state index contributed by atoms with van der Waals surface area (Å²) in [5.74, 6) is -3.28. The first-order valence-electron chi connectivity index (χ1n) is 7.49. The van der Waals surface area contributed by atoms with Gasteiger partial charge in [0.15, 0.2) is 0 Å². The summed E-state index contributed by atoms with van der Waals surface area (Å²) in [6.07, 6.45) is 4.01. The van der Waals surface area contributed by atoms with E-state index in [0.717, 1.165) is 37.8 Å². The normalized spacial score (nSPS) is 27.5. The SMILES string of the molecule is O=C(O)[C@H]1C[C@H]2CCCC[C@H]2N1C(=O)c1ccc(F)cc1F. The molecule has 2 fully saturated rings. The number of aliphatic carboxylic acids is 1. The number of fused-ring (bicyclic) bond motifs is 1. The molecule has 0 bridgehead atoms. The number of hydrogen-bond acceptors (Lipinski definition) is 2. The van der Waals surface area contributed by atoms with E-state index < -0.39 is 29.6 Å². The molecule has 1 aliphatic carbocycles. The summed E-state index contributed by atoms with van der Waals surface area (Å²) in [4.78, 5) is 25.4. The molecule has 1 amide bonds. The summed E-state index contributed by atoms with van der Waals surface area (Å²) in [5, 5.41) is 9.39. The van der Waals surface area contributed by atoms with Gasteiger partial charge >= 0.3 is 5.97 Å². The highest BCUT2D eigenvalue weighted by Crippen LogP contribution is 2.40. The molecule has 1 heterocycles. The molecule has 118 valence electrons. The Morgan fingerprint density at radius 3 is 2.59 bits per heavy atom. The van der Waals surface area contributed by atoms with Crippen molar-refractivity contribution in [2.75, 3.05) is 0 Å². The molecule has 1 aliphatic heterocycles. The van der Waals surface area contributed by atoms with Crippen LogP contribution in [0.2, 0.25) is 0 Å². The molecule has 2 aliphatic rings. The van der Waals surface area contributed by atoms with Crippen LogP contribution >= 0.6 is 0 Å². The number of nitrogens with zero attached hydrogens (tertiary/aromatic N) is 1. The van der Waals surface area contributed by atoms with Crippen molar-refractivity contribution in [1.82, 2.24) is 4.90 Å². The van der Waals surface area contributed by atoms with Crippen molar-refractivity contribution in [3.05, 3.63) is 35.4 Å². The number of halogens is 2. The zero-order chi connectivity index (χ0) is 15.9. The van der Waals surface area contributed by atoms with E-state index in [4.69, 9.17) is 0 Å². The minimum Gasteiger partial charge on any atom is -0.480 e. The van der Waals surface area contributed by atoms with E-state index >= 15 is 0 Å². The fourth-order valence-electron chi connectivity index (χ4n) is 3.77. The van der Waals surface area contributed by atoms with Crippen molar-refractivity contribution >= 4 is 11.9 Å². The number of amides is 1. The van der Waals surface area contributed by atoms with Crippen molar-refractivity contribution in [1.29, 1.82) is 0 Å². The third-order valence-electron chi connectivity index (χ3n) is 4.77. The van der Waals surface area contributed by atoms with Gasteiger partial charge in [-0.2, -0.15) is 0 Å². The number of hydrogen-bond donors (Lipinski definition) is 1. The lowest BCUT2D eigenvalue weighted by molar-refractivity contribution is -0.141. The number of benzene rings is 1. The molecule has 1 N–H and O–H groups in total. The monoisotopic (exact) mass is 309 g/mol. The minimum atomic E-state index is -1.06. The first-order valence-corrected chi connectivity index (χ1v) is 7.49. The second-order valence-electron chi connectivity index (χ2n) is 6.04. The highest BCUT2D eigenvalue weighted by molar-refractivity contribution is 5.97. The predicted octanol–water partition coefficient (Wildman–Crippen LogP) is 2.82. The second-order valence-corrected chi connectivity index (χ2v) is 6.04. The maximum atomic E-state index is 13.9. The van der Waals surface area contributed by atoms with Gasteiger partial charge in [-0.15, -0.1) is 0 Å². The van der Waals surface area contributed by atoms with Gasteiger partial charge in [0.25, 0.3) is 5.91 Å². The lowest BCUT2D eigenvalue weighted by Crippen LogP contribution is -2.46. The molecule has 0 unspecified atom stereocenters. The van der Waals surface area contributed by atoms with Crippen molar-refractivity contribution in [2.45, 2.75) is 44.2 Å². The van der Waals surface area contributed by atoms with Crippen molar-refractivity contribution in [3.63, 3.8) is 0 Å². The molecule has 1 saturated heterocycles. The van der Waals surface area contributed by atoms with Crippen LogP contribution in [0.15, 0.2) is 18.2 Å². The highest BCUT2D eigenvalue weighted by atomic mass is 19.1. The Morgan fingerprint density at radius 1 is 1.18 bits per heavy atom. The lowest BCUT2D eigenvalue weighted by atomic mass is 9.84. The Morgan fingerprint density at radius 2 is 1.91 bits per heavy atom. The van der Waals surface area contributed by atoms with E-state index in [1.54, 1.807) is 0 Å². The summed E-state index contributed by atoms with van der Waals surface area (Å²) < 4.78 is 26.9. The van der Waals surface area contributed by atoms with Crippen LogP contribution in [-0.2, 0) is 4.79 Å². The molecule has 3 atom stereocenters. The zero-order valence-electron chi connectivity index (χ0n) is 12.0. The van der Waals surface area contributed by atoms with Crippen LogP contribution in [0.1, 0.15) is 42.5 Å². The number of carbonyl (C=O) groups is 2. The second kappa shape index (κ2) is 5.66. The van der Waals surface area contributed by atoms with E-state index in [2.05, 4.69) is 0 Å². The Hall–Kier alpha value is -1.98. The molecule has 0 spiro atoms. The summed E-state index contributed by atoms with van der Waals surface area (Å²) in [7, 11) is 0. The van der Waals surface area contributed by atoms with Crippen molar-refractivity contribution < 1.29 is 23.5 Å². The molecule has 1 aromatic carbocycles. The van der Waals surface area contributed by atoms with Gasteiger partial charge in [-0.1, -0.05) is 12.8 Å². The topological polar surface area (TPSA) is 57.6 Å². The van der Waals surface area contributed by atoms with Crippen LogP contribution in [0, 0.1) is 17.6 Å². The van der Waals surface area contributed by atoms with Gasteiger partial charge in [-0.05, 0) is 37.3 Å². The minimum absolute atomic E-state index is 0.155. The quantitative estimate of drug-likeness (QED) is 0.914. The first kappa shape index (κ1) is 14.9. The Kier molecular flexibility index (Phi) is 3.85. The molecule has 1 saturated carbocycles. The van der Waals surface area contributed by atoms with Crippen molar-refractivity contribution in [3.8, 4) is 0 Å². The molecule has 3 rings (SSSR count). The van der Waals surface area contributed by atoms with Crippen LogP contribution in [0.3, 0.4) is 0 Å². The van der Waals surface area contributed by atoms with Gasteiger partial charge in [-0.3, -0.25) is 4.79 Å². The maximum absolute atomic E-state index is 13.9. The summed E-state index contributed by atoms with van der Waals surface area (Å²) in [6.45, 7) is 0. The molecule has 4 nitrogen and oxygen atoms in total. The molecule has 0 aromatic heterocycles. The van der Waals surface area contributed by atoms with E-state index in [-0.39, 0.29) is 17.5 Å². The molecule has 6 heteroatoms. The van der Waals surface area contributed by atoms with Crippen LogP contribution in [0.5, 0.6) is 0 Å². The third-order valence-corrected chi connectivity index (χ3v) is 4.77. The number of carbonyl (C=O) groups excluding carboxylic acids is 1. The average molecular weight is 309 g/mol. The fourth-order valence-corrected chi connectivity index (χ4v) is 3.77. The summed E-state index contributed by atoms with van der Waals surface area (Å²) in [5.41, 5.74) is -0.265. The molecular weight excluding hydrogens is 292 g/mol. The first-order chi connectivity index (χ1) is 10.5. The number of likely N-dealkylation sites (tertiary alicyclic amines) is 1. The summed E-state index contributed by atoms with van der Waals surface area (Å²) >= 11 is 0. The number of carboxylic acid groups (broad SMARTS) is 1. The molecular formula is C16H17F2NO3. The average Bonchev–Trinajstić information content (AvgIpc) is 2.86. The van der Waals surface area contributed by atoms with Gasteiger partial charge in [0, 0.05) is 12.1 Å². The van der Waals surface area contributed by atoms with E-state index in [1.165, 1.54) is 4.90 Å². The summed E-state index contributed by atoms with van der Waals surface area (Å²) in [6, 6.07) is 1.66. The van der Waals surface area contributed by atoms with Gasteiger partial charge in [-0.25, -0.2) is 13.6 Å². The van der Waals surface area contributed by atoms with Crippen molar-refractivity contribution in [2.24, 2.45) is 5.92 Å². The number of carboxylic acids is 1. The standard InChI is InChI=1S/C16H17F2NO3/c17-10-5-6-11(12(18)8-10)15(20)19-13-4-2-1-3-9(13)7-14(19)16(21)22/h5-6,8-9,13-14H,1-4,7H2,(H,21,22)/t9-,13-,14-/m1/s1. The van der Waals surface area contributed by atoms with Crippen LogP contribution in [-0.4, -0.2) is 34.0 Å². The van der Waals surface area contributed by atoms with E-state index in [1.807, 2.05) is 0 Å². The van der Waals surface area contributed by atoms with Gasteiger partial charge in [0.1, 0.15) is 17.7 Å². The molecule has 1 aromatic rings. The maximum Gasteiger partial charge on any atom is 0.326 e. The molecule has 0 radical (unpaired) electrons. The van der Waals surface area contributed by atoms with Crippen LogP contribution < -0.4 is 0 Å². The third kappa shape index (κ3) is 2.46. The van der Waals surface area contributed by atoms with Gasteiger partial charge in [0.2, 0.25) is 0 Å². The largest absolute Gasteiger partial charge is 0.480 e. The number of rotatable bonds is 2. The Balaban J connectivity index is 1.95. The van der Waals surface area contributed by atoms with E-state index in [9.17, 15) is 23.5 Å². The fraction of sp³-hybridized carbons (Fsp3) is 0.500. The smallest absolute Gasteiger partial charge is 0.326 e. The van der Waals surface area contributed by atoms with Crippen LogP contribution in [0.25, 0.3) is 0 Å². The zero-order valence-corrected chi connectivity index (χ0v) is 12.0. The Bertz CT molecular complexity index is 619. The van der Waals surface area contributed by atoms with Crippen LogP contribution in [0.4, 0.5) is 8.78 Å². The van der Waals surface area contributed by atoms with Gasteiger partial charge in [0.05, 0.1) is 5.56 Å². The predicted molar refractivity (Wildman–Crippen MR) is 74.3 cm³/mol. The Labute approximate surface area is 126 Å². The molecule has 22 heavy (non-hydrogen) atoms. The van der Waals surface area contributed by atoms with E-state index in [0.29, 0.717) is 12.5 Å². The lowest BCUT2D eigenvalue weighted by Gasteiger charge is -2.33.